The van der Waals surface area contributed by atoms with Gasteiger partial charge in [-0.2, -0.15) is 5.10 Å². The number of carbonyl (C=O) groups excluding carboxylic acids is 1. The number of aromatic nitrogens is 3. The van der Waals surface area contributed by atoms with Crippen LogP contribution in [-0.2, 0) is 4.79 Å². The molecule has 8 nitrogen and oxygen atoms in total. The minimum atomic E-state index is -1.09. The average molecular weight is 421 g/mol. The van der Waals surface area contributed by atoms with E-state index in [2.05, 4.69) is 10.3 Å². The minimum Gasteiger partial charge on any atom is -0.476 e. The molecule has 0 aliphatic carbocycles. The highest BCUT2D eigenvalue weighted by molar-refractivity contribution is 7.12. The predicted molar refractivity (Wildman–Crippen MR) is 116 cm³/mol. The van der Waals surface area contributed by atoms with Gasteiger partial charge in [-0.15, -0.1) is 11.3 Å². The first-order chi connectivity index (χ1) is 14.4. The van der Waals surface area contributed by atoms with Gasteiger partial charge in [0.05, 0.1) is 12.1 Å². The molecule has 152 valence electrons. The van der Waals surface area contributed by atoms with E-state index in [4.69, 9.17) is 5.10 Å². The van der Waals surface area contributed by atoms with Crippen molar-refractivity contribution in [2.45, 2.75) is 0 Å². The number of carboxylic acids is 1. The van der Waals surface area contributed by atoms with Crippen LogP contribution in [0.3, 0.4) is 0 Å². The fraction of sp³-hybridized carbons (Fsp3) is 0.143. The summed E-state index contributed by atoms with van der Waals surface area (Å²) >= 11 is 1.20. The second-order valence-electron chi connectivity index (χ2n) is 6.96. The van der Waals surface area contributed by atoms with E-state index in [0.29, 0.717) is 10.8 Å². The van der Waals surface area contributed by atoms with Crippen molar-refractivity contribution in [3.05, 3.63) is 59.6 Å². The molecule has 0 saturated carbocycles. The van der Waals surface area contributed by atoms with Gasteiger partial charge in [0.25, 0.3) is 0 Å². The lowest BCUT2D eigenvalue weighted by Crippen LogP contribution is -2.27. The van der Waals surface area contributed by atoms with Gasteiger partial charge < -0.3 is 15.3 Å². The monoisotopic (exact) mass is 421 g/mol. The zero-order valence-electron chi connectivity index (χ0n) is 16.4. The van der Waals surface area contributed by atoms with Crippen molar-refractivity contribution >= 4 is 39.8 Å². The molecule has 0 unspecified atom stereocenters. The first-order valence-electron chi connectivity index (χ1n) is 9.14. The number of nitrogens with zero attached hydrogens (tertiary/aromatic N) is 4. The summed E-state index contributed by atoms with van der Waals surface area (Å²) in [5.41, 5.74) is 3.01. The molecule has 2 aromatic heterocycles. The number of amides is 1. The maximum atomic E-state index is 12.2. The highest BCUT2D eigenvalue weighted by Crippen LogP contribution is 2.32. The van der Waals surface area contributed by atoms with Gasteiger partial charge in [0.2, 0.25) is 11.0 Å². The molecule has 4 rings (SSSR count). The van der Waals surface area contributed by atoms with E-state index >= 15 is 0 Å². The summed E-state index contributed by atoms with van der Waals surface area (Å²) in [6.45, 7) is 0.265. The standard InChI is InChI=1S/C21H19N5O3S/c1-25(2)11-18(27)22-14-8-9-15-17(10-14)26(21-23-16(12-30-21)20(28)29)24-19(15)13-6-4-3-5-7-13/h3-10,12H,11H2,1-2H3,(H,22,27)(H,28,29). The van der Waals surface area contributed by atoms with Gasteiger partial charge in [-0.25, -0.2) is 14.5 Å². The molecule has 0 bridgehead atoms. The van der Waals surface area contributed by atoms with Crippen LogP contribution in [0.15, 0.2) is 53.9 Å². The van der Waals surface area contributed by atoms with Crippen LogP contribution in [0.2, 0.25) is 0 Å². The summed E-state index contributed by atoms with van der Waals surface area (Å²) in [7, 11) is 3.65. The maximum Gasteiger partial charge on any atom is 0.355 e. The molecular formula is C21H19N5O3S. The Morgan fingerprint density at radius 3 is 2.60 bits per heavy atom. The molecule has 0 saturated heterocycles. The van der Waals surface area contributed by atoms with E-state index in [9.17, 15) is 14.7 Å². The molecule has 1 amide bonds. The molecule has 0 spiro atoms. The summed E-state index contributed by atoms with van der Waals surface area (Å²) < 4.78 is 1.62. The first kappa shape index (κ1) is 19.7. The molecule has 2 heterocycles. The summed E-state index contributed by atoms with van der Waals surface area (Å²) in [6.07, 6.45) is 0. The molecule has 0 fully saturated rings. The number of carbonyl (C=O) groups is 2. The van der Waals surface area contributed by atoms with Crippen LogP contribution in [0.25, 0.3) is 27.3 Å². The van der Waals surface area contributed by atoms with Crippen molar-refractivity contribution in [2.24, 2.45) is 0 Å². The van der Waals surface area contributed by atoms with Crippen molar-refractivity contribution in [1.82, 2.24) is 19.7 Å². The summed E-state index contributed by atoms with van der Waals surface area (Å²) in [5, 5.41) is 19.6. The van der Waals surface area contributed by atoms with Gasteiger partial charge in [0.1, 0.15) is 5.69 Å². The zero-order chi connectivity index (χ0) is 21.3. The summed E-state index contributed by atoms with van der Waals surface area (Å²) in [6, 6.07) is 15.3. The van der Waals surface area contributed by atoms with Gasteiger partial charge in [-0.3, -0.25) is 4.79 Å². The van der Waals surface area contributed by atoms with Crippen LogP contribution in [0.1, 0.15) is 10.5 Å². The molecule has 0 radical (unpaired) electrons. The van der Waals surface area contributed by atoms with Crippen LogP contribution in [0.4, 0.5) is 5.69 Å². The molecular weight excluding hydrogens is 402 g/mol. The number of benzene rings is 2. The second kappa shape index (κ2) is 8.05. The number of rotatable bonds is 6. The number of anilines is 1. The molecule has 2 aromatic carbocycles. The lowest BCUT2D eigenvalue weighted by molar-refractivity contribution is -0.116. The van der Waals surface area contributed by atoms with E-state index in [1.54, 1.807) is 9.58 Å². The molecule has 9 heteroatoms. The highest BCUT2D eigenvalue weighted by atomic mass is 32.1. The second-order valence-corrected chi connectivity index (χ2v) is 7.80. The fourth-order valence-electron chi connectivity index (χ4n) is 3.10. The number of hydrogen-bond acceptors (Lipinski definition) is 6. The largest absolute Gasteiger partial charge is 0.476 e. The van der Waals surface area contributed by atoms with E-state index < -0.39 is 5.97 Å². The Morgan fingerprint density at radius 2 is 1.93 bits per heavy atom. The van der Waals surface area contributed by atoms with Crippen LogP contribution in [0, 0.1) is 0 Å². The number of carboxylic acid groups (broad SMARTS) is 1. The van der Waals surface area contributed by atoms with E-state index in [-0.39, 0.29) is 18.1 Å². The van der Waals surface area contributed by atoms with Gasteiger partial charge in [0, 0.05) is 22.0 Å². The third-order valence-corrected chi connectivity index (χ3v) is 5.18. The number of nitrogens with one attached hydrogen (secondary N) is 1. The fourth-order valence-corrected chi connectivity index (χ4v) is 3.86. The van der Waals surface area contributed by atoms with Crippen LogP contribution >= 0.6 is 11.3 Å². The zero-order valence-corrected chi connectivity index (χ0v) is 17.2. The van der Waals surface area contributed by atoms with Gasteiger partial charge in [-0.1, -0.05) is 30.3 Å². The van der Waals surface area contributed by atoms with Crippen LogP contribution < -0.4 is 5.32 Å². The van der Waals surface area contributed by atoms with Gasteiger partial charge >= 0.3 is 5.97 Å². The Morgan fingerprint density at radius 1 is 1.17 bits per heavy atom. The lowest BCUT2D eigenvalue weighted by atomic mass is 10.1. The minimum absolute atomic E-state index is 0.0321. The number of aromatic carboxylic acids is 1. The van der Waals surface area contributed by atoms with Crippen LogP contribution in [-0.4, -0.2) is 57.3 Å². The highest BCUT2D eigenvalue weighted by Gasteiger charge is 2.18. The smallest absolute Gasteiger partial charge is 0.355 e. The summed E-state index contributed by atoms with van der Waals surface area (Å²) in [4.78, 5) is 29.4. The summed E-state index contributed by atoms with van der Waals surface area (Å²) in [5.74, 6) is -1.22. The molecule has 2 N–H and O–H groups in total. The quantitative estimate of drug-likeness (QED) is 0.495. The average Bonchev–Trinajstić information content (AvgIpc) is 3.32. The SMILES string of the molecule is CN(C)CC(=O)Nc1ccc2c(-c3ccccc3)nn(-c3nc(C(=O)O)cs3)c2c1. The van der Waals surface area contributed by atoms with Crippen molar-refractivity contribution in [1.29, 1.82) is 0 Å². The lowest BCUT2D eigenvalue weighted by Gasteiger charge is -2.10. The molecule has 4 aromatic rings. The number of hydrogen-bond donors (Lipinski definition) is 2. The van der Waals surface area contributed by atoms with E-state index in [1.807, 2.05) is 62.6 Å². The Kier molecular flexibility index (Phi) is 5.30. The van der Waals surface area contributed by atoms with Crippen molar-refractivity contribution in [3.63, 3.8) is 0 Å². The molecule has 0 atom stereocenters. The van der Waals surface area contributed by atoms with Gasteiger partial charge in [-0.05, 0) is 32.3 Å². The van der Waals surface area contributed by atoms with Crippen molar-refractivity contribution < 1.29 is 14.7 Å². The van der Waals surface area contributed by atoms with Gasteiger partial charge in [0.15, 0.2) is 5.69 Å². The number of fused-ring (bicyclic) bond motifs is 1. The Hall–Kier alpha value is -3.56. The molecule has 0 aliphatic heterocycles. The maximum absolute atomic E-state index is 12.2. The van der Waals surface area contributed by atoms with Crippen molar-refractivity contribution in [2.75, 3.05) is 26.0 Å². The molecule has 0 aliphatic rings. The number of thiazole rings is 1. The predicted octanol–water partition coefficient (Wildman–Crippen LogP) is 3.35. The normalized spacial score (nSPS) is 11.2. The third-order valence-electron chi connectivity index (χ3n) is 4.36. The van der Waals surface area contributed by atoms with E-state index in [1.165, 1.54) is 16.7 Å². The van der Waals surface area contributed by atoms with E-state index in [0.717, 1.165) is 22.2 Å². The number of likely N-dealkylation sites (N-methyl/N-ethyl adjacent to an activating group) is 1. The van der Waals surface area contributed by atoms with Crippen LogP contribution in [0.5, 0.6) is 0 Å². The first-order valence-corrected chi connectivity index (χ1v) is 10.0. The Labute approximate surface area is 176 Å². The Bertz CT molecular complexity index is 1230. The topological polar surface area (TPSA) is 100 Å². The van der Waals surface area contributed by atoms with Crippen molar-refractivity contribution in [3.8, 4) is 16.4 Å². The molecule has 30 heavy (non-hydrogen) atoms. The third kappa shape index (κ3) is 3.93. The Balaban J connectivity index is 1.84.